The van der Waals surface area contributed by atoms with Crippen LogP contribution < -0.4 is 16.0 Å². The van der Waals surface area contributed by atoms with Crippen LogP contribution in [0.15, 0.2) is 6.33 Å². The highest BCUT2D eigenvalue weighted by molar-refractivity contribution is 5.76. The van der Waals surface area contributed by atoms with Crippen LogP contribution in [0.25, 0.3) is 0 Å². The zero-order chi connectivity index (χ0) is 12.4. The minimum Gasteiger partial charge on any atom is -0.390 e. The van der Waals surface area contributed by atoms with Gasteiger partial charge in [0.15, 0.2) is 17.8 Å². The number of aliphatic hydroxyl groups is 2. The van der Waals surface area contributed by atoms with Crippen LogP contribution in [0.3, 0.4) is 0 Å². The summed E-state index contributed by atoms with van der Waals surface area (Å²) in [7, 11) is 0. The van der Waals surface area contributed by atoms with Gasteiger partial charge in [-0.1, -0.05) is 0 Å². The fourth-order valence-electron chi connectivity index (χ4n) is 2.89. The van der Waals surface area contributed by atoms with Crippen LogP contribution in [0.4, 0.5) is 17.3 Å². The number of aliphatic hydroxyl groups excluding tert-OH is 2. The molecule has 4 N–H and O–H groups in total. The third kappa shape index (κ3) is 1.10. The SMILES string of the molecule is Nc1ncnc2c1[N]C1C(O)[C@H]3O[C@H](C[C@@H]3O)N21. The summed E-state index contributed by atoms with van der Waals surface area (Å²) in [6.45, 7) is 0. The smallest absolute Gasteiger partial charge is 0.163 e. The molecule has 0 aliphatic carbocycles. The molecule has 1 aromatic rings. The van der Waals surface area contributed by atoms with Crippen molar-refractivity contribution in [1.29, 1.82) is 0 Å². The average Bonchev–Trinajstić information content (AvgIpc) is 2.88. The maximum Gasteiger partial charge on any atom is 0.163 e. The molecule has 18 heavy (non-hydrogen) atoms. The van der Waals surface area contributed by atoms with Gasteiger partial charge >= 0.3 is 0 Å². The van der Waals surface area contributed by atoms with E-state index in [1.54, 1.807) is 4.90 Å². The second kappa shape index (κ2) is 3.22. The predicted molar refractivity (Wildman–Crippen MR) is 59.8 cm³/mol. The summed E-state index contributed by atoms with van der Waals surface area (Å²) >= 11 is 0. The van der Waals surface area contributed by atoms with E-state index in [1.807, 2.05) is 0 Å². The van der Waals surface area contributed by atoms with Crippen molar-refractivity contribution >= 4 is 17.3 Å². The van der Waals surface area contributed by atoms with Crippen LogP contribution in [0.5, 0.6) is 0 Å². The monoisotopic (exact) mass is 250 g/mol. The van der Waals surface area contributed by atoms with Crippen LogP contribution >= 0.6 is 0 Å². The van der Waals surface area contributed by atoms with Crippen LogP contribution in [0.2, 0.25) is 0 Å². The predicted octanol–water partition coefficient (Wildman–Crippen LogP) is -1.71. The Morgan fingerprint density at radius 2 is 2.22 bits per heavy atom. The third-order valence-corrected chi connectivity index (χ3v) is 3.71. The van der Waals surface area contributed by atoms with Crippen molar-refractivity contribution in [2.24, 2.45) is 0 Å². The van der Waals surface area contributed by atoms with Gasteiger partial charge in [0.2, 0.25) is 0 Å². The van der Waals surface area contributed by atoms with Crippen molar-refractivity contribution in [3.63, 3.8) is 0 Å². The first-order valence-electron chi connectivity index (χ1n) is 5.78. The molecule has 0 spiro atoms. The number of aromatic nitrogens is 2. The van der Waals surface area contributed by atoms with E-state index in [0.29, 0.717) is 17.9 Å². The molecule has 4 heterocycles. The third-order valence-electron chi connectivity index (χ3n) is 3.71. The minimum atomic E-state index is -0.896. The molecule has 3 aliphatic heterocycles. The number of hydrogen-bond donors (Lipinski definition) is 3. The summed E-state index contributed by atoms with van der Waals surface area (Å²) in [4.78, 5) is 9.80. The summed E-state index contributed by atoms with van der Waals surface area (Å²) in [6.07, 6.45) is -1.20. The van der Waals surface area contributed by atoms with E-state index < -0.39 is 24.5 Å². The highest BCUT2D eigenvalue weighted by Crippen LogP contribution is 2.45. The van der Waals surface area contributed by atoms with Gasteiger partial charge in [-0.05, 0) is 0 Å². The molecule has 1 aromatic heterocycles. The molecule has 2 saturated heterocycles. The largest absolute Gasteiger partial charge is 0.390 e. The van der Waals surface area contributed by atoms with E-state index >= 15 is 0 Å². The maximum atomic E-state index is 10.2. The second-order valence-electron chi connectivity index (χ2n) is 4.73. The number of rotatable bonds is 0. The number of nitrogens with zero attached hydrogens (tertiary/aromatic N) is 4. The maximum absolute atomic E-state index is 10.2. The fourth-order valence-corrected chi connectivity index (χ4v) is 2.89. The fraction of sp³-hybridized carbons (Fsp3) is 0.600. The molecule has 1 radical (unpaired) electrons. The van der Waals surface area contributed by atoms with E-state index in [0.717, 1.165) is 0 Å². The average molecular weight is 250 g/mol. The van der Waals surface area contributed by atoms with Crippen molar-refractivity contribution in [2.75, 3.05) is 10.6 Å². The van der Waals surface area contributed by atoms with Gasteiger partial charge in [0.25, 0.3) is 0 Å². The van der Waals surface area contributed by atoms with E-state index in [9.17, 15) is 10.2 Å². The summed E-state index contributed by atoms with van der Waals surface area (Å²) in [5.41, 5.74) is 6.25. The second-order valence-corrected chi connectivity index (χ2v) is 4.73. The van der Waals surface area contributed by atoms with E-state index in [1.165, 1.54) is 6.33 Å². The van der Waals surface area contributed by atoms with Gasteiger partial charge in [-0.2, -0.15) is 0 Å². The Morgan fingerprint density at radius 1 is 1.39 bits per heavy atom. The van der Waals surface area contributed by atoms with E-state index in [-0.39, 0.29) is 12.0 Å². The summed E-state index contributed by atoms with van der Waals surface area (Å²) < 4.78 is 5.60. The molecule has 0 amide bonds. The van der Waals surface area contributed by atoms with Gasteiger partial charge in [0, 0.05) is 6.42 Å². The minimum absolute atomic E-state index is 0.290. The topological polar surface area (TPSA) is 119 Å². The lowest BCUT2D eigenvalue weighted by Crippen LogP contribution is -2.58. The molecular weight excluding hydrogens is 238 g/mol. The molecule has 2 fully saturated rings. The van der Waals surface area contributed by atoms with Crippen molar-refractivity contribution < 1.29 is 14.9 Å². The van der Waals surface area contributed by atoms with Crippen molar-refractivity contribution in [3.8, 4) is 0 Å². The Kier molecular flexibility index (Phi) is 1.84. The van der Waals surface area contributed by atoms with Crippen molar-refractivity contribution in [3.05, 3.63) is 6.33 Å². The normalized spacial score (nSPS) is 40.3. The van der Waals surface area contributed by atoms with Gasteiger partial charge in [0.05, 0.1) is 6.10 Å². The number of fused-ring (bicyclic) bond motifs is 6. The van der Waals surface area contributed by atoms with Crippen molar-refractivity contribution in [1.82, 2.24) is 15.3 Å². The molecule has 0 aromatic carbocycles. The Hall–Kier alpha value is -1.64. The lowest BCUT2D eigenvalue weighted by atomic mass is 10.1. The van der Waals surface area contributed by atoms with Gasteiger partial charge in [0.1, 0.15) is 30.5 Å². The molecule has 95 valence electrons. The van der Waals surface area contributed by atoms with E-state index in [2.05, 4.69) is 15.3 Å². The molecule has 8 nitrogen and oxygen atoms in total. The van der Waals surface area contributed by atoms with Crippen LogP contribution in [-0.4, -0.2) is 50.9 Å². The Morgan fingerprint density at radius 3 is 3.06 bits per heavy atom. The molecule has 0 saturated carbocycles. The summed E-state index contributed by atoms with van der Waals surface area (Å²) in [6, 6.07) is 0. The lowest BCUT2D eigenvalue weighted by Gasteiger charge is -2.38. The molecular formula is C10H12N5O3. The van der Waals surface area contributed by atoms with Crippen LogP contribution in [-0.2, 0) is 4.74 Å². The Balaban J connectivity index is 1.82. The zero-order valence-corrected chi connectivity index (χ0v) is 9.34. The van der Waals surface area contributed by atoms with Crippen LogP contribution in [0, 0.1) is 0 Å². The van der Waals surface area contributed by atoms with Crippen molar-refractivity contribution in [2.45, 2.75) is 37.1 Å². The highest BCUT2D eigenvalue weighted by atomic mass is 16.6. The first-order chi connectivity index (χ1) is 8.66. The quantitative estimate of drug-likeness (QED) is 0.501. The number of hydrogen-bond acceptors (Lipinski definition) is 7. The standard InChI is InChI=1S/C10H12N5O3/c11-8-5-9(13-2-12-8)15-4-1-3(16)7(18-4)6(17)10(15)14-5/h2-4,6-7,10,16-17H,1H2,(H2,11,12,13)/t3-,4+,6?,7-,10?/m0/s1. The Bertz CT molecular complexity index is 512. The molecule has 5 atom stereocenters. The van der Waals surface area contributed by atoms with Gasteiger partial charge < -0.3 is 25.6 Å². The van der Waals surface area contributed by atoms with Gasteiger partial charge in [-0.25, -0.2) is 15.3 Å². The van der Waals surface area contributed by atoms with Gasteiger partial charge in [-0.15, -0.1) is 0 Å². The molecule has 8 heteroatoms. The lowest BCUT2D eigenvalue weighted by molar-refractivity contribution is -0.107. The van der Waals surface area contributed by atoms with E-state index in [4.69, 9.17) is 10.5 Å². The molecule has 4 rings (SSSR count). The Labute approximate surface area is 102 Å². The summed E-state index contributed by atoms with van der Waals surface area (Å²) in [5, 5.41) is 24.4. The molecule has 2 unspecified atom stereocenters. The van der Waals surface area contributed by atoms with Gasteiger partial charge in [-0.3, -0.25) is 0 Å². The number of ether oxygens (including phenoxy) is 1. The highest BCUT2D eigenvalue weighted by Gasteiger charge is 2.56. The summed E-state index contributed by atoms with van der Waals surface area (Å²) in [5.74, 6) is 0.849. The van der Waals surface area contributed by atoms with Crippen LogP contribution in [0.1, 0.15) is 6.42 Å². The number of nitrogens with two attached hydrogens (primary N) is 1. The first kappa shape index (κ1) is 10.3. The zero-order valence-electron chi connectivity index (χ0n) is 9.34. The first-order valence-corrected chi connectivity index (χ1v) is 5.78. The number of anilines is 2. The molecule has 3 aliphatic rings. The number of nitrogen functional groups attached to an aromatic ring is 1. The molecule has 2 bridgehead atoms.